The van der Waals surface area contributed by atoms with Crippen molar-refractivity contribution < 1.29 is 4.79 Å². The predicted molar refractivity (Wildman–Crippen MR) is 110 cm³/mol. The summed E-state index contributed by atoms with van der Waals surface area (Å²) in [6, 6.07) is 7.41. The van der Waals surface area contributed by atoms with Gasteiger partial charge < -0.3 is 5.32 Å². The van der Waals surface area contributed by atoms with Crippen molar-refractivity contribution in [3.63, 3.8) is 0 Å². The van der Waals surface area contributed by atoms with Crippen LogP contribution in [0.15, 0.2) is 29.3 Å². The number of hydrogen-bond donors (Lipinski definition) is 1. The van der Waals surface area contributed by atoms with Crippen LogP contribution < -0.4 is 5.32 Å². The second-order valence-corrected chi connectivity index (χ2v) is 8.71. The molecule has 0 bridgehead atoms. The maximum Gasteiger partial charge on any atom is 0.230 e. The van der Waals surface area contributed by atoms with Crippen LogP contribution in [0.4, 0.5) is 0 Å². The van der Waals surface area contributed by atoms with Crippen molar-refractivity contribution in [1.29, 1.82) is 0 Å². The molecule has 3 rings (SSSR count). The molecule has 0 unspecified atom stereocenters. The lowest BCUT2D eigenvalue weighted by Crippen LogP contribution is -2.28. The number of aromatic nitrogens is 2. The Morgan fingerprint density at radius 1 is 1.27 bits per heavy atom. The third-order valence-electron chi connectivity index (χ3n) is 4.20. The zero-order valence-electron chi connectivity index (χ0n) is 15.1. The van der Waals surface area contributed by atoms with E-state index < -0.39 is 0 Å². The first kappa shape index (κ1) is 19.1. The molecule has 0 radical (unpaired) electrons. The van der Waals surface area contributed by atoms with E-state index in [1.54, 1.807) is 11.3 Å². The van der Waals surface area contributed by atoms with Gasteiger partial charge in [0, 0.05) is 15.3 Å². The van der Waals surface area contributed by atoms with Gasteiger partial charge in [0.2, 0.25) is 5.91 Å². The minimum atomic E-state index is -0.144. The van der Waals surface area contributed by atoms with Crippen LogP contribution in [-0.2, 0) is 4.79 Å². The SMILES string of the molecule is Cc1nc(SCC(=O)N[C@H](C)c2ccccc2Cl)c2c(C)c(C)sc2n1. The maximum atomic E-state index is 12.4. The summed E-state index contributed by atoms with van der Waals surface area (Å²) in [7, 11) is 0. The molecule has 7 heteroatoms. The third kappa shape index (κ3) is 4.03. The Bertz CT molecular complexity index is 971. The van der Waals surface area contributed by atoms with Gasteiger partial charge in [-0.1, -0.05) is 41.6 Å². The summed E-state index contributed by atoms with van der Waals surface area (Å²) in [5, 5.41) is 5.60. The number of aryl methyl sites for hydroxylation is 3. The number of nitrogens with one attached hydrogen (secondary N) is 1. The zero-order chi connectivity index (χ0) is 18.8. The highest BCUT2D eigenvalue weighted by molar-refractivity contribution is 8.00. The summed E-state index contributed by atoms with van der Waals surface area (Å²) in [6.45, 7) is 7.98. The van der Waals surface area contributed by atoms with Crippen LogP contribution in [0.5, 0.6) is 0 Å². The van der Waals surface area contributed by atoms with Crippen LogP contribution >= 0.6 is 34.7 Å². The largest absolute Gasteiger partial charge is 0.349 e. The lowest BCUT2D eigenvalue weighted by atomic mass is 10.1. The number of hydrogen-bond acceptors (Lipinski definition) is 5. The molecular weight excluding hydrogens is 386 g/mol. The van der Waals surface area contributed by atoms with Crippen LogP contribution in [0.2, 0.25) is 5.02 Å². The fourth-order valence-electron chi connectivity index (χ4n) is 2.74. The molecule has 0 saturated heterocycles. The monoisotopic (exact) mass is 405 g/mol. The van der Waals surface area contributed by atoms with Crippen LogP contribution in [0, 0.1) is 20.8 Å². The summed E-state index contributed by atoms with van der Waals surface area (Å²) in [6.07, 6.45) is 0. The maximum absolute atomic E-state index is 12.4. The van der Waals surface area contributed by atoms with Crippen molar-refractivity contribution in [3.8, 4) is 0 Å². The summed E-state index contributed by atoms with van der Waals surface area (Å²) in [4.78, 5) is 23.7. The molecule has 0 fully saturated rings. The Kier molecular flexibility index (Phi) is 5.85. The third-order valence-corrected chi connectivity index (χ3v) is 6.62. The molecule has 136 valence electrons. The average molecular weight is 406 g/mol. The number of carbonyl (C=O) groups is 1. The fourth-order valence-corrected chi connectivity index (χ4v) is 5.12. The normalized spacial score (nSPS) is 12.3. The molecule has 2 heterocycles. The smallest absolute Gasteiger partial charge is 0.230 e. The second-order valence-electron chi connectivity index (χ2n) is 6.14. The van der Waals surface area contributed by atoms with Gasteiger partial charge in [0.15, 0.2) is 0 Å². The Morgan fingerprint density at radius 3 is 2.73 bits per heavy atom. The molecule has 1 atom stereocenters. The molecular formula is C19H20ClN3OS2. The lowest BCUT2D eigenvalue weighted by Gasteiger charge is -2.15. The summed E-state index contributed by atoms with van der Waals surface area (Å²) in [5.41, 5.74) is 2.11. The topological polar surface area (TPSA) is 54.9 Å². The Balaban J connectivity index is 1.72. The zero-order valence-corrected chi connectivity index (χ0v) is 17.5. The summed E-state index contributed by atoms with van der Waals surface area (Å²) in [5.74, 6) is 0.983. The van der Waals surface area contributed by atoms with Crippen LogP contribution in [0.1, 0.15) is 34.8 Å². The molecule has 0 spiro atoms. The lowest BCUT2D eigenvalue weighted by molar-refractivity contribution is -0.119. The van der Waals surface area contributed by atoms with E-state index >= 15 is 0 Å². The molecule has 1 amide bonds. The van der Waals surface area contributed by atoms with Gasteiger partial charge in [-0.25, -0.2) is 9.97 Å². The first-order valence-corrected chi connectivity index (χ1v) is 10.5. The van der Waals surface area contributed by atoms with Gasteiger partial charge in [0.1, 0.15) is 15.7 Å². The Morgan fingerprint density at radius 2 is 2.00 bits per heavy atom. The first-order valence-electron chi connectivity index (χ1n) is 8.27. The molecule has 0 saturated carbocycles. The van der Waals surface area contributed by atoms with Gasteiger partial charge in [-0.2, -0.15) is 0 Å². The van der Waals surface area contributed by atoms with E-state index in [1.165, 1.54) is 22.2 Å². The minimum Gasteiger partial charge on any atom is -0.349 e. The highest BCUT2D eigenvalue weighted by atomic mass is 35.5. The van der Waals surface area contributed by atoms with Crippen molar-refractivity contribution in [2.75, 3.05) is 5.75 Å². The van der Waals surface area contributed by atoms with Gasteiger partial charge in [-0.3, -0.25) is 4.79 Å². The number of fused-ring (bicyclic) bond motifs is 1. The van der Waals surface area contributed by atoms with Gasteiger partial charge >= 0.3 is 0 Å². The van der Waals surface area contributed by atoms with Gasteiger partial charge in [-0.05, 0) is 44.9 Å². The molecule has 0 aliphatic heterocycles. The molecule has 26 heavy (non-hydrogen) atoms. The second kappa shape index (κ2) is 7.94. The fraction of sp³-hybridized carbons (Fsp3) is 0.316. The van der Waals surface area contributed by atoms with Crippen LogP contribution in [0.3, 0.4) is 0 Å². The number of carbonyl (C=O) groups excluding carboxylic acids is 1. The summed E-state index contributed by atoms with van der Waals surface area (Å²) < 4.78 is 0. The van der Waals surface area contributed by atoms with Crippen molar-refractivity contribution in [2.24, 2.45) is 0 Å². The van der Waals surface area contributed by atoms with E-state index in [0.29, 0.717) is 10.8 Å². The van der Waals surface area contributed by atoms with Gasteiger partial charge in [0.25, 0.3) is 0 Å². The van der Waals surface area contributed by atoms with Crippen molar-refractivity contribution in [3.05, 3.63) is 51.1 Å². The number of rotatable bonds is 5. The van der Waals surface area contributed by atoms with Crippen molar-refractivity contribution in [2.45, 2.75) is 38.8 Å². The van der Waals surface area contributed by atoms with E-state index in [-0.39, 0.29) is 11.9 Å². The van der Waals surface area contributed by atoms with Gasteiger partial charge in [-0.15, -0.1) is 11.3 Å². The van der Waals surface area contributed by atoms with E-state index in [9.17, 15) is 4.79 Å². The number of amides is 1. The highest BCUT2D eigenvalue weighted by Crippen LogP contribution is 2.35. The minimum absolute atomic E-state index is 0.0450. The Hall–Kier alpha value is -1.63. The first-order chi connectivity index (χ1) is 12.4. The molecule has 4 nitrogen and oxygen atoms in total. The van der Waals surface area contributed by atoms with E-state index in [4.69, 9.17) is 11.6 Å². The average Bonchev–Trinajstić information content (AvgIpc) is 2.87. The summed E-state index contributed by atoms with van der Waals surface area (Å²) >= 11 is 9.33. The van der Waals surface area contributed by atoms with E-state index in [2.05, 4.69) is 29.1 Å². The van der Waals surface area contributed by atoms with Gasteiger partial charge in [0.05, 0.1) is 11.8 Å². The number of thioether (sulfide) groups is 1. The van der Waals surface area contributed by atoms with Crippen LogP contribution in [0.25, 0.3) is 10.2 Å². The number of benzene rings is 1. The number of thiophene rings is 1. The molecule has 1 N–H and O–H groups in total. The van der Waals surface area contributed by atoms with Crippen LogP contribution in [-0.4, -0.2) is 21.6 Å². The highest BCUT2D eigenvalue weighted by Gasteiger charge is 2.16. The Labute approximate surface area is 166 Å². The van der Waals surface area contributed by atoms with Crippen molar-refractivity contribution in [1.82, 2.24) is 15.3 Å². The molecule has 0 aliphatic rings. The van der Waals surface area contributed by atoms with E-state index in [1.807, 2.05) is 38.1 Å². The quantitative estimate of drug-likeness (QED) is 0.465. The number of nitrogens with zero attached hydrogens (tertiary/aromatic N) is 2. The predicted octanol–water partition coefficient (Wildman–Crippen LogP) is 5.24. The molecule has 2 aromatic heterocycles. The van der Waals surface area contributed by atoms with E-state index in [0.717, 1.165) is 26.6 Å². The number of halogens is 1. The van der Waals surface area contributed by atoms with Crippen molar-refractivity contribution >= 4 is 50.8 Å². The standard InChI is InChI=1S/C19H20ClN3OS2/c1-10-12(3)26-19-17(10)18(22-13(4)23-19)25-9-16(24)21-11(2)14-7-5-6-8-15(14)20/h5-8,11H,9H2,1-4H3,(H,21,24)/t11-/m1/s1. The molecule has 3 aromatic rings. The molecule has 0 aliphatic carbocycles. The molecule has 1 aromatic carbocycles.